The number of rotatable bonds is 4. The van der Waals surface area contributed by atoms with Crippen molar-refractivity contribution in [1.29, 1.82) is 0 Å². The summed E-state index contributed by atoms with van der Waals surface area (Å²) in [5.74, 6) is -0.399. The minimum absolute atomic E-state index is 0.291. The third kappa shape index (κ3) is 3.85. The summed E-state index contributed by atoms with van der Waals surface area (Å²) in [4.78, 5) is 39.3. The molecule has 1 fully saturated rings. The molecular weight excluding hydrogens is 370 g/mol. The average molecular weight is 388 g/mol. The second-order valence-electron chi connectivity index (χ2n) is 6.31. The van der Waals surface area contributed by atoms with Gasteiger partial charge in [0.25, 0.3) is 5.91 Å². The van der Waals surface area contributed by atoms with Crippen LogP contribution in [0, 0.1) is 6.92 Å². The maximum absolute atomic E-state index is 12.1. The number of nitrogens with zero attached hydrogens (tertiary/aromatic N) is 1. The van der Waals surface area contributed by atoms with Gasteiger partial charge < -0.3 is 16.0 Å². The second kappa shape index (κ2) is 7.24. The van der Waals surface area contributed by atoms with E-state index >= 15 is 0 Å². The Bertz CT molecular complexity index is 916. The van der Waals surface area contributed by atoms with E-state index in [4.69, 9.17) is 11.6 Å². The largest absolute Gasteiger partial charge is 0.334 e. The summed E-state index contributed by atoms with van der Waals surface area (Å²) in [6.45, 7) is 3.69. The Labute approximate surface area is 160 Å². The van der Waals surface area contributed by atoms with E-state index in [0.717, 1.165) is 5.56 Å². The van der Waals surface area contributed by atoms with E-state index in [1.807, 2.05) is 0 Å². The van der Waals surface area contributed by atoms with Gasteiger partial charge in [-0.1, -0.05) is 35.9 Å². The quantitative estimate of drug-likeness (QED) is 0.476. The van der Waals surface area contributed by atoms with E-state index in [9.17, 15) is 14.4 Å². The van der Waals surface area contributed by atoms with Gasteiger partial charge in [-0.25, -0.2) is 14.6 Å². The van der Waals surface area contributed by atoms with Crippen molar-refractivity contribution < 1.29 is 14.4 Å². The molecule has 8 nitrogen and oxygen atoms in total. The van der Waals surface area contributed by atoms with Gasteiger partial charge in [-0.2, -0.15) is 0 Å². The van der Waals surface area contributed by atoms with Crippen LogP contribution in [0.4, 0.5) is 15.3 Å². The highest BCUT2D eigenvalue weighted by atomic mass is 35.5. The number of urea groups is 2. The Morgan fingerprint density at radius 1 is 1.22 bits per heavy atom. The molecule has 2 aromatic rings. The standard InChI is InChI=1S/C18H18ClN5O3/c1-10-13(7-8-20-14(10)19)22-16(26)21-9-11-3-5-12(6-4-11)18(2)15(25)23-17(27)24-18/h3-8H,9H2,1-2H3,(H2,20,21,22,26)(H2,23,24,25,27). The summed E-state index contributed by atoms with van der Waals surface area (Å²) in [6.07, 6.45) is 1.52. The van der Waals surface area contributed by atoms with Crippen LogP contribution < -0.4 is 21.3 Å². The van der Waals surface area contributed by atoms with Gasteiger partial charge in [0, 0.05) is 24.0 Å². The number of imide groups is 1. The number of carbonyl (C=O) groups excluding carboxylic acids is 3. The maximum atomic E-state index is 12.1. The summed E-state index contributed by atoms with van der Waals surface area (Å²) in [5, 5.41) is 10.6. The fourth-order valence-electron chi connectivity index (χ4n) is 2.70. The van der Waals surface area contributed by atoms with Gasteiger partial charge in [0.2, 0.25) is 0 Å². The summed E-state index contributed by atoms with van der Waals surface area (Å²) in [5.41, 5.74) is 1.66. The highest BCUT2D eigenvalue weighted by Gasteiger charge is 2.43. The van der Waals surface area contributed by atoms with Crippen molar-refractivity contribution in [2.45, 2.75) is 25.9 Å². The average Bonchev–Trinajstić information content (AvgIpc) is 2.90. The van der Waals surface area contributed by atoms with Crippen LogP contribution in [0.15, 0.2) is 36.5 Å². The lowest BCUT2D eigenvalue weighted by molar-refractivity contribution is -0.123. The van der Waals surface area contributed by atoms with Gasteiger partial charge in [-0.3, -0.25) is 10.1 Å². The van der Waals surface area contributed by atoms with E-state index in [1.165, 1.54) is 6.20 Å². The van der Waals surface area contributed by atoms with Gasteiger partial charge in [0.15, 0.2) is 0 Å². The molecule has 0 spiro atoms. The molecule has 27 heavy (non-hydrogen) atoms. The van der Waals surface area contributed by atoms with Gasteiger partial charge in [-0.15, -0.1) is 0 Å². The molecule has 0 aliphatic carbocycles. The predicted molar refractivity (Wildman–Crippen MR) is 100 cm³/mol. The first kappa shape index (κ1) is 18.7. The number of hydrogen-bond donors (Lipinski definition) is 4. The zero-order chi connectivity index (χ0) is 19.6. The van der Waals surface area contributed by atoms with E-state index in [1.54, 1.807) is 44.2 Å². The molecule has 1 aliphatic heterocycles. The Hall–Kier alpha value is -3.13. The molecule has 0 saturated carbocycles. The van der Waals surface area contributed by atoms with Crippen LogP contribution in [0.2, 0.25) is 5.15 Å². The van der Waals surface area contributed by atoms with E-state index < -0.39 is 17.5 Å². The normalized spacial score (nSPS) is 18.6. The van der Waals surface area contributed by atoms with Crippen molar-refractivity contribution in [3.8, 4) is 0 Å². The second-order valence-corrected chi connectivity index (χ2v) is 6.67. The number of halogens is 1. The van der Waals surface area contributed by atoms with Crippen molar-refractivity contribution >= 4 is 35.3 Å². The first-order chi connectivity index (χ1) is 12.8. The zero-order valence-corrected chi connectivity index (χ0v) is 15.5. The molecule has 1 atom stereocenters. The Morgan fingerprint density at radius 2 is 1.93 bits per heavy atom. The van der Waals surface area contributed by atoms with Crippen LogP contribution in [-0.4, -0.2) is 23.0 Å². The van der Waals surface area contributed by atoms with Crippen molar-refractivity contribution in [2.75, 3.05) is 5.32 Å². The van der Waals surface area contributed by atoms with Crippen LogP contribution in [0.3, 0.4) is 0 Å². The van der Waals surface area contributed by atoms with Crippen molar-refractivity contribution in [2.24, 2.45) is 0 Å². The number of pyridine rings is 1. The fraction of sp³-hybridized carbons (Fsp3) is 0.222. The summed E-state index contributed by atoms with van der Waals surface area (Å²) >= 11 is 5.93. The van der Waals surface area contributed by atoms with Crippen LogP contribution in [0.1, 0.15) is 23.6 Å². The number of aromatic nitrogens is 1. The molecule has 1 aliphatic rings. The molecule has 1 saturated heterocycles. The first-order valence-electron chi connectivity index (χ1n) is 8.18. The Balaban J connectivity index is 1.60. The van der Waals surface area contributed by atoms with E-state index in [0.29, 0.717) is 28.5 Å². The van der Waals surface area contributed by atoms with Crippen LogP contribution >= 0.6 is 11.6 Å². The molecule has 1 aromatic carbocycles. The third-order valence-corrected chi connectivity index (χ3v) is 4.80. The smallest absolute Gasteiger partial charge is 0.322 e. The molecule has 1 unspecified atom stereocenters. The molecule has 0 bridgehead atoms. The van der Waals surface area contributed by atoms with Gasteiger partial charge >= 0.3 is 12.1 Å². The van der Waals surface area contributed by atoms with Crippen LogP contribution in [-0.2, 0) is 16.9 Å². The SMILES string of the molecule is Cc1c(NC(=O)NCc2ccc(C3(C)NC(=O)NC3=O)cc2)ccnc1Cl. The number of carbonyl (C=O) groups is 3. The number of anilines is 1. The number of benzene rings is 1. The minimum atomic E-state index is -1.10. The van der Waals surface area contributed by atoms with Crippen molar-refractivity contribution in [3.63, 3.8) is 0 Å². The summed E-state index contributed by atoms with van der Waals surface area (Å²) < 4.78 is 0. The first-order valence-corrected chi connectivity index (χ1v) is 8.56. The molecular formula is C18H18ClN5O3. The summed E-state index contributed by atoms with van der Waals surface area (Å²) in [7, 11) is 0. The fourth-order valence-corrected chi connectivity index (χ4v) is 2.85. The molecule has 140 valence electrons. The highest BCUT2D eigenvalue weighted by molar-refractivity contribution is 6.30. The molecule has 2 heterocycles. The summed E-state index contributed by atoms with van der Waals surface area (Å²) in [6, 6.07) is 7.83. The lowest BCUT2D eigenvalue weighted by Gasteiger charge is -2.21. The topological polar surface area (TPSA) is 112 Å². The van der Waals surface area contributed by atoms with E-state index in [-0.39, 0.29) is 6.03 Å². The molecule has 5 amide bonds. The van der Waals surface area contributed by atoms with Crippen LogP contribution in [0.5, 0.6) is 0 Å². The Morgan fingerprint density at radius 3 is 2.56 bits per heavy atom. The molecule has 0 radical (unpaired) electrons. The number of nitrogens with one attached hydrogen (secondary N) is 4. The monoisotopic (exact) mass is 387 g/mol. The molecule has 9 heteroatoms. The highest BCUT2D eigenvalue weighted by Crippen LogP contribution is 2.24. The molecule has 3 rings (SSSR count). The van der Waals surface area contributed by atoms with E-state index in [2.05, 4.69) is 26.3 Å². The van der Waals surface area contributed by atoms with Gasteiger partial charge in [0.1, 0.15) is 10.7 Å². The lowest BCUT2D eigenvalue weighted by atomic mass is 9.91. The molecule has 4 N–H and O–H groups in total. The number of hydrogen-bond acceptors (Lipinski definition) is 4. The zero-order valence-electron chi connectivity index (χ0n) is 14.7. The van der Waals surface area contributed by atoms with Crippen molar-refractivity contribution in [3.05, 3.63) is 58.4 Å². The minimum Gasteiger partial charge on any atom is -0.334 e. The maximum Gasteiger partial charge on any atom is 0.322 e. The lowest BCUT2D eigenvalue weighted by Crippen LogP contribution is -2.40. The van der Waals surface area contributed by atoms with Crippen LogP contribution in [0.25, 0.3) is 0 Å². The van der Waals surface area contributed by atoms with Gasteiger partial charge in [0.05, 0.1) is 0 Å². The van der Waals surface area contributed by atoms with Gasteiger partial charge in [-0.05, 0) is 31.0 Å². The molecule has 1 aromatic heterocycles. The van der Waals surface area contributed by atoms with Crippen molar-refractivity contribution in [1.82, 2.24) is 20.9 Å². The number of amides is 5. The third-order valence-electron chi connectivity index (χ3n) is 4.42. The Kier molecular flexibility index (Phi) is 5.00. The predicted octanol–water partition coefficient (Wildman–Crippen LogP) is 2.42.